The van der Waals surface area contributed by atoms with Crippen molar-refractivity contribution in [1.82, 2.24) is 0 Å². The fraction of sp³-hybridized carbons (Fsp3) is 0.667. The Labute approximate surface area is 133 Å². The van der Waals surface area contributed by atoms with E-state index in [0.717, 1.165) is 11.5 Å². The summed E-state index contributed by atoms with van der Waals surface area (Å²) in [6.07, 6.45) is 9.71. The van der Waals surface area contributed by atoms with Gasteiger partial charge in [0.1, 0.15) is 5.82 Å². The summed E-state index contributed by atoms with van der Waals surface area (Å²) in [5.41, 5.74) is 7.21. The second-order valence-corrected chi connectivity index (χ2v) is 6.88. The lowest BCUT2D eigenvalue weighted by atomic mass is 9.76. The minimum absolute atomic E-state index is 0.0939. The van der Waals surface area contributed by atoms with E-state index in [2.05, 4.69) is 6.92 Å². The van der Waals surface area contributed by atoms with E-state index < -0.39 is 0 Å². The van der Waals surface area contributed by atoms with Crippen LogP contribution in [-0.2, 0) is 6.42 Å². The van der Waals surface area contributed by atoms with Crippen LogP contribution in [0.3, 0.4) is 0 Å². The second kappa shape index (κ2) is 8.14. The smallest absolute Gasteiger partial charge is 0.142 e. The van der Waals surface area contributed by atoms with Gasteiger partial charge in [-0.2, -0.15) is 0 Å². The molecule has 21 heavy (non-hydrogen) atoms. The molecule has 1 unspecified atom stereocenters. The molecule has 0 amide bonds. The Hall–Kier alpha value is -0.600. The summed E-state index contributed by atoms with van der Waals surface area (Å²) in [7, 11) is 0. The van der Waals surface area contributed by atoms with Crippen molar-refractivity contribution >= 4 is 11.6 Å². The van der Waals surface area contributed by atoms with Crippen LogP contribution in [0.5, 0.6) is 0 Å². The molecule has 0 spiro atoms. The van der Waals surface area contributed by atoms with Crippen LogP contribution in [0, 0.1) is 17.7 Å². The van der Waals surface area contributed by atoms with Crippen LogP contribution in [-0.4, -0.2) is 6.04 Å². The zero-order valence-electron chi connectivity index (χ0n) is 13.0. The molecular weight excluding hydrogens is 285 g/mol. The molecule has 0 aromatic heterocycles. The van der Waals surface area contributed by atoms with Gasteiger partial charge in [0.15, 0.2) is 0 Å². The van der Waals surface area contributed by atoms with Gasteiger partial charge in [0, 0.05) is 6.04 Å². The van der Waals surface area contributed by atoms with Gasteiger partial charge in [-0.3, -0.25) is 0 Å². The molecule has 0 aliphatic heterocycles. The molecule has 1 atom stereocenters. The van der Waals surface area contributed by atoms with Crippen LogP contribution >= 0.6 is 11.6 Å². The minimum Gasteiger partial charge on any atom is -0.327 e. The molecule has 1 aliphatic carbocycles. The van der Waals surface area contributed by atoms with Crippen molar-refractivity contribution in [3.63, 3.8) is 0 Å². The lowest BCUT2D eigenvalue weighted by molar-refractivity contribution is 0.230. The number of nitrogens with two attached hydrogens (primary N) is 1. The van der Waals surface area contributed by atoms with Crippen molar-refractivity contribution in [3.05, 3.63) is 34.6 Å². The van der Waals surface area contributed by atoms with E-state index in [1.807, 2.05) is 6.07 Å². The van der Waals surface area contributed by atoms with Crippen molar-refractivity contribution in [2.24, 2.45) is 17.6 Å². The van der Waals surface area contributed by atoms with E-state index in [0.29, 0.717) is 12.3 Å². The zero-order chi connectivity index (χ0) is 15.2. The maximum Gasteiger partial charge on any atom is 0.142 e. The van der Waals surface area contributed by atoms with Gasteiger partial charge in [0.2, 0.25) is 0 Å². The number of hydrogen-bond donors (Lipinski definition) is 1. The Balaban J connectivity index is 1.84. The highest BCUT2D eigenvalue weighted by atomic mass is 35.5. The normalized spacial score (nSPS) is 24.0. The number of unbranched alkanes of at least 4 members (excludes halogenated alkanes) is 1. The van der Waals surface area contributed by atoms with E-state index >= 15 is 0 Å². The summed E-state index contributed by atoms with van der Waals surface area (Å²) >= 11 is 6.03. The summed E-state index contributed by atoms with van der Waals surface area (Å²) in [4.78, 5) is 0. The first-order chi connectivity index (χ1) is 10.1. The largest absolute Gasteiger partial charge is 0.327 e. The van der Waals surface area contributed by atoms with Crippen molar-refractivity contribution in [3.8, 4) is 0 Å². The Morgan fingerprint density at radius 1 is 1.29 bits per heavy atom. The lowest BCUT2D eigenvalue weighted by Gasteiger charge is -2.32. The van der Waals surface area contributed by atoms with E-state index in [9.17, 15) is 4.39 Å². The van der Waals surface area contributed by atoms with Crippen molar-refractivity contribution < 1.29 is 4.39 Å². The van der Waals surface area contributed by atoms with Crippen molar-refractivity contribution in [2.45, 2.75) is 64.3 Å². The third-order valence-electron chi connectivity index (χ3n) is 4.95. The highest BCUT2D eigenvalue weighted by Gasteiger charge is 2.26. The molecule has 0 heterocycles. The standard InChI is InChI=1S/C18H27ClFN/c1-2-3-5-13-8-10-14(11-9-13)17(21)12-15-6-4-7-16(20)18(15)19/h4,6-7,13-14,17H,2-3,5,8-12,21H2,1H3. The van der Waals surface area contributed by atoms with Crippen LogP contribution in [0.1, 0.15) is 57.4 Å². The Bertz CT molecular complexity index is 441. The SMILES string of the molecule is CCCCC1CCC(C(N)Cc2cccc(F)c2Cl)CC1. The fourth-order valence-electron chi connectivity index (χ4n) is 3.52. The average Bonchev–Trinajstić information content (AvgIpc) is 2.50. The fourth-order valence-corrected chi connectivity index (χ4v) is 3.73. The molecule has 0 radical (unpaired) electrons. The number of benzene rings is 1. The number of halogens is 2. The molecule has 0 bridgehead atoms. The van der Waals surface area contributed by atoms with E-state index in [1.165, 1.54) is 51.0 Å². The summed E-state index contributed by atoms with van der Waals surface area (Å²) in [5.74, 6) is 1.11. The van der Waals surface area contributed by atoms with Crippen LogP contribution < -0.4 is 5.73 Å². The van der Waals surface area contributed by atoms with Gasteiger partial charge in [-0.05, 0) is 42.7 Å². The summed E-state index contributed by atoms with van der Waals surface area (Å²) < 4.78 is 13.5. The molecule has 3 heteroatoms. The Morgan fingerprint density at radius 3 is 2.67 bits per heavy atom. The van der Waals surface area contributed by atoms with E-state index in [1.54, 1.807) is 6.07 Å². The monoisotopic (exact) mass is 311 g/mol. The Morgan fingerprint density at radius 2 is 2.00 bits per heavy atom. The summed E-state index contributed by atoms with van der Waals surface area (Å²) in [6, 6.07) is 5.09. The third kappa shape index (κ3) is 4.69. The van der Waals surface area contributed by atoms with Crippen molar-refractivity contribution in [1.29, 1.82) is 0 Å². The first-order valence-corrected chi connectivity index (χ1v) is 8.68. The summed E-state index contributed by atoms with van der Waals surface area (Å²) in [6.45, 7) is 2.25. The molecule has 1 aromatic rings. The molecule has 118 valence electrons. The lowest BCUT2D eigenvalue weighted by Crippen LogP contribution is -2.35. The predicted molar refractivity (Wildman–Crippen MR) is 88.1 cm³/mol. The summed E-state index contributed by atoms with van der Waals surface area (Å²) in [5, 5.41) is 0.240. The van der Waals surface area contributed by atoms with Crippen molar-refractivity contribution in [2.75, 3.05) is 0 Å². The predicted octanol–water partition coefficient (Wildman–Crippen LogP) is 5.35. The van der Waals surface area contributed by atoms with E-state index in [-0.39, 0.29) is 16.9 Å². The van der Waals surface area contributed by atoms with Gasteiger partial charge in [0.25, 0.3) is 0 Å². The third-order valence-corrected chi connectivity index (χ3v) is 5.37. The molecule has 1 nitrogen and oxygen atoms in total. The second-order valence-electron chi connectivity index (χ2n) is 6.50. The van der Waals surface area contributed by atoms with Gasteiger partial charge < -0.3 is 5.73 Å². The maximum absolute atomic E-state index is 13.5. The molecule has 1 fully saturated rings. The van der Waals surface area contributed by atoms with E-state index in [4.69, 9.17) is 17.3 Å². The minimum atomic E-state index is -0.343. The van der Waals surface area contributed by atoms with Gasteiger partial charge in [-0.1, -0.05) is 62.8 Å². The first kappa shape index (κ1) is 16.8. The molecule has 1 saturated carbocycles. The van der Waals surface area contributed by atoms with Crippen LogP contribution in [0.25, 0.3) is 0 Å². The highest BCUT2D eigenvalue weighted by Crippen LogP contribution is 2.34. The number of rotatable bonds is 6. The molecule has 1 aromatic carbocycles. The maximum atomic E-state index is 13.5. The average molecular weight is 312 g/mol. The van der Waals surface area contributed by atoms with Crippen LogP contribution in [0.4, 0.5) is 4.39 Å². The van der Waals surface area contributed by atoms with Gasteiger partial charge in [-0.15, -0.1) is 0 Å². The zero-order valence-corrected chi connectivity index (χ0v) is 13.7. The van der Waals surface area contributed by atoms with Gasteiger partial charge in [-0.25, -0.2) is 4.39 Å². The molecule has 0 saturated heterocycles. The molecular formula is C18H27ClFN. The Kier molecular flexibility index (Phi) is 6.50. The van der Waals surface area contributed by atoms with Crippen LogP contribution in [0.2, 0.25) is 5.02 Å². The van der Waals surface area contributed by atoms with Crippen LogP contribution in [0.15, 0.2) is 18.2 Å². The van der Waals surface area contributed by atoms with Gasteiger partial charge >= 0.3 is 0 Å². The molecule has 2 N–H and O–H groups in total. The number of hydrogen-bond acceptors (Lipinski definition) is 1. The first-order valence-electron chi connectivity index (χ1n) is 8.30. The molecule has 1 aliphatic rings. The molecule has 2 rings (SSSR count). The quantitative estimate of drug-likeness (QED) is 0.753. The van der Waals surface area contributed by atoms with Gasteiger partial charge in [0.05, 0.1) is 5.02 Å². The topological polar surface area (TPSA) is 26.0 Å². The highest BCUT2D eigenvalue weighted by molar-refractivity contribution is 6.31.